The molecule has 0 saturated heterocycles. The molecular weight excluding hydrogens is 394 g/mol. The Hall–Kier alpha value is -3.41. The number of phenols is 1. The molecule has 162 valence electrons. The third kappa shape index (κ3) is 3.23. The fourth-order valence-corrected chi connectivity index (χ4v) is 4.44. The van der Waals surface area contributed by atoms with Gasteiger partial charge in [-0.1, -0.05) is 18.2 Å². The molecule has 1 N–H and O–H groups in total. The summed E-state index contributed by atoms with van der Waals surface area (Å²) in [5, 5.41) is 12.6. The summed E-state index contributed by atoms with van der Waals surface area (Å²) in [6.45, 7) is 4.05. The van der Waals surface area contributed by atoms with Crippen molar-refractivity contribution in [3.63, 3.8) is 0 Å². The normalized spacial score (nSPS) is 15.3. The Morgan fingerprint density at radius 2 is 1.58 bits per heavy atom. The van der Waals surface area contributed by atoms with Crippen LogP contribution in [0, 0.1) is 6.92 Å². The van der Waals surface area contributed by atoms with Crippen LogP contribution in [-0.2, 0) is 11.2 Å². The molecule has 1 heterocycles. The Balaban J connectivity index is 2.17. The summed E-state index contributed by atoms with van der Waals surface area (Å²) in [7, 11) is 6.43. The molecule has 4 rings (SSSR count). The lowest BCUT2D eigenvalue weighted by Crippen LogP contribution is -2.21. The van der Waals surface area contributed by atoms with Crippen LogP contribution >= 0.6 is 0 Å². The average Bonchev–Trinajstić information content (AvgIpc) is 2.77. The molecule has 0 saturated carbocycles. The molecule has 0 aliphatic carbocycles. The van der Waals surface area contributed by atoms with Gasteiger partial charge in [0.25, 0.3) is 0 Å². The van der Waals surface area contributed by atoms with Gasteiger partial charge in [-0.15, -0.1) is 0 Å². The van der Waals surface area contributed by atoms with Gasteiger partial charge in [0.05, 0.1) is 45.6 Å². The van der Waals surface area contributed by atoms with Crippen LogP contribution in [0.25, 0.3) is 21.9 Å². The van der Waals surface area contributed by atoms with Gasteiger partial charge in [-0.25, -0.2) is 4.99 Å². The minimum Gasteiger partial charge on any atom is -0.504 e. The van der Waals surface area contributed by atoms with Gasteiger partial charge in [0, 0.05) is 10.9 Å². The number of aryl methyl sites for hydroxylation is 1. The zero-order chi connectivity index (χ0) is 22.3. The number of aliphatic imine (C=N–C) groups is 1. The first-order valence-electron chi connectivity index (χ1n) is 10.1. The van der Waals surface area contributed by atoms with E-state index in [0.717, 1.165) is 39.6 Å². The molecule has 31 heavy (non-hydrogen) atoms. The SMILES string of the molecule is COC1=NC(C)Cc2cc(OC)c(-c3c(C)ccc4ccc(OC)c(O)c34)c(OC)c21. The number of aromatic hydroxyl groups is 1. The number of fused-ring (bicyclic) bond motifs is 2. The fraction of sp³-hybridized carbons (Fsp3) is 0.320. The minimum atomic E-state index is 0.0785. The van der Waals surface area contributed by atoms with Crippen molar-refractivity contribution < 1.29 is 24.1 Å². The van der Waals surface area contributed by atoms with Gasteiger partial charge in [-0.05, 0) is 48.9 Å². The van der Waals surface area contributed by atoms with E-state index in [1.165, 1.54) is 0 Å². The first-order valence-corrected chi connectivity index (χ1v) is 10.1. The van der Waals surface area contributed by atoms with Crippen LogP contribution in [0.1, 0.15) is 23.6 Å². The van der Waals surface area contributed by atoms with Gasteiger partial charge in [-0.3, -0.25) is 0 Å². The lowest BCUT2D eigenvalue weighted by atomic mass is 9.87. The van der Waals surface area contributed by atoms with Gasteiger partial charge in [0.1, 0.15) is 11.5 Å². The van der Waals surface area contributed by atoms with E-state index in [1.54, 1.807) is 34.5 Å². The van der Waals surface area contributed by atoms with Crippen molar-refractivity contribution >= 4 is 16.7 Å². The highest BCUT2D eigenvalue weighted by molar-refractivity contribution is 6.09. The standard InChI is InChI=1S/C25H27NO5/c1-13-7-8-15-9-10-17(28-3)23(27)20(15)19(13)22-18(29-4)12-16-11-14(2)26-25(31-6)21(16)24(22)30-5/h7-10,12,14,27H,11H2,1-6H3. The first kappa shape index (κ1) is 20.8. The highest BCUT2D eigenvalue weighted by Gasteiger charge is 2.30. The van der Waals surface area contributed by atoms with Crippen molar-refractivity contribution in [3.05, 3.63) is 47.0 Å². The van der Waals surface area contributed by atoms with Gasteiger partial charge in [0.2, 0.25) is 5.90 Å². The quantitative estimate of drug-likeness (QED) is 0.650. The van der Waals surface area contributed by atoms with E-state index >= 15 is 0 Å². The second-order valence-corrected chi connectivity index (χ2v) is 7.68. The van der Waals surface area contributed by atoms with Crippen LogP contribution in [0.4, 0.5) is 0 Å². The van der Waals surface area contributed by atoms with Crippen LogP contribution < -0.4 is 14.2 Å². The van der Waals surface area contributed by atoms with Gasteiger partial charge in [-0.2, -0.15) is 0 Å². The number of ether oxygens (including phenoxy) is 4. The average molecular weight is 421 g/mol. The van der Waals surface area contributed by atoms with Crippen molar-refractivity contribution in [2.45, 2.75) is 26.3 Å². The second kappa shape index (κ2) is 8.02. The van der Waals surface area contributed by atoms with E-state index in [4.69, 9.17) is 18.9 Å². The Kier molecular flexibility index (Phi) is 5.39. The van der Waals surface area contributed by atoms with Crippen LogP contribution in [0.2, 0.25) is 0 Å². The molecule has 0 bridgehead atoms. The summed E-state index contributed by atoms with van der Waals surface area (Å²) in [6, 6.07) is 9.80. The molecule has 1 atom stereocenters. The number of rotatable bonds is 4. The van der Waals surface area contributed by atoms with E-state index in [9.17, 15) is 5.11 Å². The number of hydrogen-bond donors (Lipinski definition) is 1. The summed E-state index contributed by atoms with van der Waals surface area (Å²) in [5.41, 5.74) is 4.40. The molecule has 6 nitrogen and oxygen atoms in total. The summed E-state index contributed by atoms with van der Waals surface area (Å²) < 4.78 is 22.8. The maximum absolute atomic E-state index is 11.1. The molecule has 1 aliphatic rings. The Labute approximate surface area is 182 Å². The molecule has 1 unspecified atom stereocenters. The summed E-state index contributed by atoms with van der Waals surface area (Å²) in [4.78, 5) is 4.67. The number of benzene rings is 3. The Morgan fingerprint density at radius 1 is 0.871 bits per heavy atom. The molecule has 0 amide bonds. The van der Waals surface area contributed by atoms with Crippen molar-refractivity contribution in [2.24, 2.45) is 4.99 Å². The van der Waals surface area contributed by atoms with E-state index in [-0.39, 0.29) is 11.8 Å². The summed E-state index contributed by atoms with van der Waals surface area (Å²) >= 11 is 0. The van der Waals surface area contributed by atoms with E-state index in [1.807, 2.05) is 38.1 Å². The molecule has 0 fully saturated rings. The Morgan fingerprint density at radius 3 is 2.23 bits per heavy atom. The highest BCUT2D eigenvalue weighted by Crippen LogP contribution is 2.50. The molecule has 3 aromatic rings. The predicted molar refractivity (Wildman–Crippen MR) is 122 cm³/mol. The maximum Gasteiger partial charge on any atom is 0.220 e. The van der Waals surface area contributed by atoms with Crippen LogP contribution in [0.3, 0.4) is 0 Å². The number of nitrogens with zero attached hydrogens (tertiary/aromatic N) is 1. The monoisotopic (exact) mass is 421 g/mol. The van der Waals surface area contributed by atoms with Crippen molar-refractivity contribution in [2.75, 3.05) is 28.4 Å². The first-order chi connectivity index (χ1) is 14.9. The third-order valence-corrected chi connectivity index (χ3v) is 5.81. The lowest BCUT2D eigenvalue weighted by molar-refractivity contribution is 0.376. The van der Waals surface area contributed by atoms with Crippen molar-refractivity contribution in [3.8, 4) is 34.1 Å². The number of methoxy groups -OCH3 is 4. The maximum atomic E-state index is 11.1. The zero-order valence-corrected chi connectivity index (χ0v) is 18.7. The molecule has 0 radical (unpaired) electrons. The molecule has 1 aliphatic heterocycles. The summed E-state index contributed by atoms with van der Waals surface area (Å²) in [5.74, 6) is 2.30. The molecular formula is C25H27NO5. The number of hydrogen-bond acceptors (Lipinski definition) is 6. The van der Waals surface area contributed by atoms with Crippen LogP contribution in [0.15, 0.2) is 35.3 Å². The van der Waals surface area contributed by atoms with Gasteiger partial charge in [0.15, 0.2) is 11.5 Å². The van der Waals surface area contributed by atoms with Crippen LogP contribution in [-0.4, -0.2) is 45.5 Å². The van der Waals surface area contributed by atoms with Crippen molar-refractivity contribution in [1.29, 1.82) is 0 Å². The van der Waals surface area contributed by atoms with E-state index in [0.29, 0.717) is 28.5 Å². The van der Waals surface area contributed by atoms with E-state index < -0.39 is 0 Å². The third-order valence-electron chi connectivity index (χ3n) is 5.81. The van der Waals surface area contributed by atoms with Gasteiger partial charge < -0.3 is 24.1 Å². The summed E-state index contributed by atoms with van der Waals surface area (Å²) in [6.07, 6.45) is 0.753. The number of phenolic OH excluding ortho intramolecular Hbond substituents is 1. The largest absolute Gasteiger partial charge is 0.504 e. The minimum absolute atomic E-state index is 0.0785. The molecule has 6 heteroatoms. The molecule has 0 spiro atoms. The second-order valence-electron chi connectivity index (χ2n) is 7.68. The zero-order valence-electron chi connectivity index (χ0n) is 18.7. The van der Waals surface area contributed by atoms with Crippen LogP contribution in [0.5, 0.6) is 23.0 Å². The highest BCUT2D eigenvalue weighted by atomic mass is 16.5. The fourth-order valence-electron chi connectivity index (χ4n) is 4.44. The molecule has 3 aromatic carbocycles. The van der Waals surface area contributed by atoms with Gasteiger partial charge >= 0.3 is 0 Å². The molecule has 0 aromatic heterocycles. The lowest BCUT2D eigenvalue weighted by Gasteiger charge is -2.26. The van der Waals surface area contributed by atoms with E-state index in [2.05, 4.69) is 4.99 Å². The Bertz CT molecular complexity index is 1200. The predicted octanol–water partition coefficient (Wildman–Crippen LogP) is 4.88. The van der Waals surface area contributed by atoms with Crippen molar-refractivity contribution in [1.82, 2.24) is 0 Å². The topological polar surface area (TPSA) is 69.5 Å². The smallest absolute Gasteiger partial charge is 0.220 e.